The van der Waals surface area contributed by atoms with E-state index in [4.69, 9.17) is 0 Å². The normalized spacial score (nSPS) is 20.1. The minimum atomic E-state index is -0.0266. The number of nitrogens with zero attached hydrogens (tertiary/aromatic N) is 1. The maximum atomic E-state index is 12.7. The number of carbonyl (C=O) groups is 1. The quantitative estimate of drug-likeness (QED) is 0.838. The highest BCUT2D eigenvalue weighted by Crippen LogP contribution is 2.21. The van der Waals surface area contributed by atoms with Crippen LogP contribution in [0.3, 0.4) is 0 Å². The van der Waals surface area contributed by atoms with Crippen LogP contribution in [0.15, 0.2) is 36.7 Å². The molecule has 19 heavy (non-hydrogen) atoms. The number of nitrogens with one attached hydrogen (secondary N) is 1. The molecule has 3 heteroatoms. The Hall–Kier alpha value is -1.74. The van der Waals surface area contributed by atoms with E-state index in [0.717, 1.165) is 35.7 Å². The topological polar surface area (TPSA) is 42.0 Å². The van der Waals surface area contributed by atoms with Gasteiger partial charge in [0.05, 0.1) is 6.04 Å². The van der Waals surface area contributed by atoms with Crippen LogP contribution >= 0.6 is 0 Å². The third kappa shape index (κ3) is 2.51. The lowest BCUT2D eigenvalue weighted by atomic mass is 9.96. The first kappa shape index (κ1) is 12.3. The Bertz CT molecular complexity index is 581. The van der Waals surface area contributed by atoms with E-state index in [-0.39, 0.29) is 11.8 Å². The molecule has 1 aromatic heterocycles. The van der Waals surface area contributed by atoms with Gasteiger partial charge in [0.25, 0.3) is 0 Å². The molecular weight excluding hydrogens is 236 g/mol. The zero-order chi connectivity index (χ0) is 13.1. The van der Waals surface area contributed by atoms with Crippen LogP contribution in [0.25, 0.3) is 10.8 Å². The van der Waals surface area contributed by atoms with Gasteiger partial charge in [0.1, 0.15) is 0 Å². The van der Waals surface area contributed by atoms with Gasteiger partial charge in [-0.15, -0.1) is 0 Å². The van der Waals surface area contributed by atoms with Crippen molar-refractivity contribution >= 4 is 16.6 Å². The molecule has 1 saturated heterocycles. The summed E-state index contributed by atoms with van der Waals surface area (Å²) < 4.78 is 0. The van der Waals surface area contributed by atoms with Crippen LogP contribution in [0.1, 0.15) is 36.0 Å². The van der Waals surface area contributed by atoms with E-state index in [2.05, 4.69) is 10.3 Å². The number of hydrogen-bond donors (Lipinski definition) is 1. The van der Waals surface area contributed by atoms with Gasteiger partial charge in [-0.25, -0.2) is 0 Å². The van der Waals surface area contributed by atoms with Gasteiger partial charge in [-0.1, -0.05) is 31.0 Å². The number of aromatic nitrogens is 1. The first-order valence-electron chi connectivity index (χ1n) is 6.96. The predicted molar refractivity (Wildman–Crippen MR) is 76.3 cm³/mol. The second-order valence-corrected chi connectivity index (χ2v) is 5.12. The van der Waals surface area contributed by atoms with E-state index in [1.54, 1.807) is 6.20 Å². The summed E-state index contributed by atoms with van der Waals surface area (Å²) in [5.41, 5.74) is 0.819. The number of Topliss-reactive ketones (excluding diaryl/α,β-unsaturated/α-hetero) is 1. The number of benzene rings is 1. The second-order valence-electron chi connectivity index (χ2n) is 5.12. The Labute approximate surface area is 113 Å². The van der Waals surface area contributed by atoms with Crippen LogP contribution in [0.5, 0.6) is 0 Å². The summed E-state index contributed by atoms with van der Waals surface area (Å²) in [7, 11) is 0. The summed E-state index contributed by atoms with van der Waals surface area (Å²) in [6, 6.07) is 7.77. The molecule has 0 amide bonds. The molecule has 1 fully saturated rings. The third-order valence-corrected chi connectivity index (χ3v) is 3.82. The lowest BCUT2D eigenvalue weighted by molar-refractivity contribution is 0.0942. The average molecular weight is 254 g/mol. The Morgan fingerprint density at radius 3 is 3.11 bits per heavy atom. The van der Waals surface area contributed by atoms with Crippen LogP contribution in [-0.4, -0.2) is 23.4 Å². The number of hydrogen-bond acceptors (Lipinski definition) is 3. The molecular formula is C16H18N2O. The number of pyridine rings is 1. The monoisotopic (exact) mass is 254 g/mol. The summed E-state index contributed by atoms with van der Waals surface area (Å²) in [5, 5.41) is 5.42. The zero-order valence-corrected chi connectivity index (χ0v) is 10.9. The maximum Gasteiger partial charge on any atom is 0.180 e. The van der Waals surface area contributed by atoms with Crippen LogP contribution in [0.4, 0.5) is 0 Å². The van der Waals surface area contributed by atoms with Crippen molar-refractivity contribution in [2.24, 2.45) is 0 Å². The van der Waals surface area contributed by atoms with Crippen molar-refractivity contribution in [3.63, 3.8) is 0 Å². The standard InChI is InChI=1S/C16H18N2O/c19-16(15-7-2-1-3-9-18-15)14-6-4-5-12-11-17-10-8-13(12)14/h4-6,8,10-11,15,18H,1-3,7,9H2. The highest BCUT2D eigenvalue weighted by Gasteiger charge is 2.22. The fourth-order valence-corrected chi connectivity index (χ4v) is 2.78. The molecule has 2 heterocycles. The lowest BCUT2D eigenvalue weighted by Crippen LogP contribution is -2.36. The smallest absolute Gasteiger partial charge is 0.180 e. The van der Waals surface area contributed by atoms with E-state index in [0.29, 0.717) is 0 Å². The molecule has 1 unspecified atom stereocenters. The molecule has 1 aliphatic heterocycles. The third-order valence-electron chi connectivity index (χ3n) is 3.82. The Balaban J connectivity index is 1.96. The fourth-order valence-electron chi connectivity index (χ4n) is 2.78. The van der Waals surface area contributed by atoms with E-state index < -0.39 is 0 Å². The van der Waals surface area contributed by atoms with Gasteiger partial charge in [-0.2, -0.15) is 0 Å². The van der Waals surface area contributed by atoms with Crippen molar-refractivity contribution in [1.82, 2.24) is 10.3 Å². The Morgan fingerprint density at radius 1 is 1.21 bits per heavy atom. The van der Waals surface area contributed by atoms with E-state index in [9.17, 15) is 4.79 Å². The van der Waals surface area contributed by atoms with Crippen LogP contribution in [-0.2, 0) is 0 Å². The minimum absolute atomic E-state index is 0.0266. The summed E-state index contributed by atoms with van der Waals surface area (Å²) >= 11 is 0. The van der Waals surface area contributed by atoms with Gasteiger partial charge in [0.15, 0.2) is 5.78 Å². The lowest BCUT2D eigenvalue weighted by Gasteiger charge is -2.15. The van der Waals surface area contributed by atoms with Gasteiger partial charge in [-0.3, -0.25) is 9.78 Å². The van der Waals surface area contributed by atoms with Crippen molar-refractivity contribution < 1.29 is 4.79 Å². The van der Waals surface area contributed by atoms with Crippen molar-refractivity contribution in [1.29, 1.82) is 0 Å². The molecule has 1 aromatic carbocycles. The largest absolute Gasteiger partial charge is 0.307 e. The molecule has 0 aliphatic carbocycles. The Morgan fingerprint density at radius 2 is 2.16 bits per heavy atom. The summed E-state index contributed by atoms with van der Waals surface area (Å²) in [4.78, 5) is 16.8. The van der Waals surface area contributed by atoms with Crippen molar-refractivity contribution in [3.05, 3.63) is 42.2 Å². The summed E-state index contributed by atoms with van der Waals surface area (Å²) in [6.07, 6.45) is 8.03. The molecule has 1 N–H and O–H groups in total. The van der Waals surface area contributed by atoms with Crippen molar-refractivity contribution in [2.45, 2.75) is 31.7 Å². The SMILES string of the molecule is O=C(c1cccc2cnccc12)C1CCCCCN1. The molecule has 0 bridgehead atoms. The molecule has 2 aromatic rings. The average Bonchev–Trinajstić information content (AvgIpc) is 2.75. The van der Waals surface area contributed by atoms with Crippen molar-refractivity contribution in [2.75, 3.05) is 6.54 Å². The maximum absolute atomic E-state index is 12.7. The molecule has 1 atom stereocenters. The Kier molecular flexibility index (Phi) is 3.56. The van der Waals surface area contributed by atoms with Gasteiger partial charge >= 0.3 is 0 Å². The van der Waals surface area contributed by atoms with Crippen LogP contribution in [0.2, 0.25) is 0 Å². The minimum Gasteiger partial charge on any atom is -0.307 e. The molecule has 3 rings (SSSR count). The number of ketones is 1. The van der Waals surface area contributed by atoms with Gasteiger partial charge in [0, 0.05) is 23.3 Å². The van der Waals surface area contributed by atoms with Crippen molar-refractivity contribution in [3.8, 4) is 0 Å². The highest BCUT2D eigenvalue weighted by atomic mass is 16.1. The first-order chi connectivity index (χ1) is 9.36. The summed E-state index contributed by atoms with van der Waals surface area (Å²) in [5.74, 6) is 0.221. The highest BCUT2D eigenvalue weighted by molar-refractivity contribution is 6.10. The van der Waals surface area contributed by atoms with Gasteiger partial charge in [-0.05, 0) is 30.8 Å². The number of carbonyl (C=O) groups excluding carboxylic acids is 1. The predicted octanol–water partition coefficient (Wildman–Crippen LogP) is 2.95. The second kappa shape index (κ2) is 5.49. The van der Waals surface area contributed by atoms with E-state index >= 15 is 0 Å². The van der Waals surface area contributed by atoms with E-state index in [1.165, 1.54) is 12.8 Å². The zero-order valence-electron chi connectivity index (χ0n) is 10.9. The molecule has 0 spiro atoms. The number of rotatable bonds is 2. The summed E-state index contributed by atoms with van der Waals surface area (Å²) in [6.45, 7) is 0.947. The molecule has 0 saturated carbocycles. The molecule has 3 nitrogen and oxygen atoms in total. The molecule has 1 aliphatic rings. The van der Waals surface area contributed by atoms with Gasteiger partial charge in [0.2, 0.25) is 0 Å². The number of fused-ring (bicyclic) bond motifs is 1. The van der Waals surface area contributed by atoms with Crippen LogP contribution < -0.4 is 5.32 Å². The first-order valence-corrected chi connectivity index (χ1v) is 6.96. The fraction of sp³-hybridized carbons (Fsp3) is 0.375. The van der Waals surface area contributed by atoms with Crippen LogP contribution in [0, 0.1) is 0 Å². The molecule has 98 valence electrons. The molecule has 0 radical (unpaired) electrons. The van der Waals surface area contributed by atoms with E-state index in [1.807, 2.05) is 30.5 Å². The van der Waals surface area contributed by atoms with Gasteiger partial charge < -0.3 is 5.32 Å².